The summed E-state index contributed by atoms with van der Waals surface area (Å²) in [6.45, 7) is 4.17. The molecule has 0 aliphatic heterocycles. The van der Waals surface area contributed by atoms with Crippen LogP contribution in [0, 0.1) is 13.8 Å². The number of aryl methyl sites for hydroxylation is 2. The summed E-state index contributed by atoms with van der Waals surface area (Å²) >= 11 is 0. The Bertz CT molecular complexity index is 2800. The summed E-state index contributed by atoms with van der Waals surface area (Å²) in [5.41, 5.74) is 12.1. The van der Waals surface area contributed by atoms with E-state index in [1.54, 1.807) is 0 Å². The summed E-state index contributed by atoms with van der Waals surface area (Å²) in [6.07, 6.45) is 4.18. The van der Waals surface area contributed by atoms with E-state index in [1.165, 1.54) is 16.3 Å². The number of fused-ring (bicyclic) bond motifs is 9. The second-order valence-electron chi connectivity index (χ2n) is 11.8. The third-order valence-electron chi connectivity index (χ3n) is 9.34. The van der Waals surface area contributed by atoms with Gasteiger partial charge in [0, 0.05) is 34.5 Å². The van der Waals surface area contributed by atoms with Crippen molar-refractivity contribution < 1.29 is 0 Å². The van der Waals surface area contributed by atoms with Crippen molar-refractivity contribution in [3.05, 3.63) is 139 Å². The van der Waals surface area contributed by atoms with Crippen LogP contribution in [0.3, 0.4) is 0 Å². The van der Waals surface area contributed by atoms with Crippen LogP contribution < -0.4 is 0 Å². The molecule has 0 aliphatic carbocycles. The lowest BCUT2D eigenvalue weighted by Gasteiger charge is -2.12. The fourth-order valence-corrected chi connectivity index (χ4v) is 7.12. The van der Waals surface area contributed by atoms with Gasteiger partial charge in [-0.1, -0.05) is 54.6 Å². The van der Waals surface area contributed by atoms with Crippen LogP contribution in [-0.2, 0) is 0 Å². The van der Waals surface area contributed by atoms with Gasteiger partial charge in [0.2, 0.25) is 11.6 Å². The van der Waals surface area contributed by atoms with Crippen LogP contribution in [0.25, 0.3) is 72.5 Å². The molecule has 7 heteroatoms. The van der Waals surface area contributed by atoms with E-state index in [4.69, 9.17) is 9.97 Å². The molecule has 0 radical (unpaired) electrons. The normalized spacial score (nSPS) is 12.2. The molecule has 0 saturated carbocycles. The minimum absolute atomic E-state index is 0.906. The Labute approximate surface area is 257 Å². The Hall–Kier alpha value is -6.08. The Kier molecular flexibility index (Phi) is 4.73. The van der Waals surface area contributed by atoms with Gasteiger partial charge in [-0.2, -0.15) is 0 Å². The van der Waals surface area contributed by atoms with Crippen LogP contribution in [0.5, 0.6) is 0 Å². The maximum atomic E-state index is 5.11. The van der Waals surface area contributed by atoms with Crippen molar-refractivity contribution >= 4 is 55.4 Å². The quantitative estimate of drug-likeness (QED) is 0.210. The van der Waals surface area contributed by atoms with E-state index in [9.17, 15) is 0 Å². The molecule has 5 heterocycles. The van der Waals surface area contributed by atoms with E-state index in [0.29, 0.717) is 0 Å². The maximum absolute atomic E-state index is 5.11. The first kappa shape index (κ1) is 24.4. The van der Waals surface area contributed by atoms with Gasteiger partial charge in [0.15, 0.2) is 0 Å². The minimum Gasteiger partial charge on any atom is -0.309 e. The zero-order chi connectivity index (χ0) is 29.8. The van der Waals surface area contributed by atoms with Gasteiger partial charge in [-0.05, 0) is 74.5 Å². The molecule has 45 heavy (non-hydrogen) atoms. The zero-order valence-electron chi connectivity index (χ0n) is 24.8. The van der Waals surface area contributed by atoms with Crippen LogP contribution in [0.1, 0.15) is 11.4 Å². The molecule has 5 aromatic carbocycles. The number of rotatable bonds is 3. The number of hydrogen-bond acceptors (Lipinski definition) is 2. The highest BCUT2D eigenvalue weighted by Gasteiger charge is 2.19. The fraction of sp³-hybridized carbons (Fsp3) is 0.0526. The SMILES string of the molecule is Cc1nc2n(-c3cccc(-n4c5ccccc5c5ccc(-n6c7ccccc7n7c8ccccc8nc67)cc54)c3)ccn2c1C. The van der Waals surface area contributed by atoms with Crippen molar-refractivity contribution in [2.45, 2.75) is 13.8 Å². The molecule has 0 bridgehead atoms. The lowest BCUT2D eigenvalue weighted by molar-refractivity contribution is 1.05. The van der Waals surface area contributed by atoms with Crippen molar-refractivity contribution in [2.24, 2.45) is 0 Å². The van der Waals surface area contributed by atoms with Gasteiger partial charge in [0.05, 0.1) is 50.2 Å². The second kappa shape index (κ2) is 8.74. The molecular weight excluding hydrogens is 554 g/mol. The predicted molar refractivity (Wildman–Crippen MR) is 181 cm³/mol. The van der Waals surface area contributed by atoms with Crippen LogP contribution in [0.2, 0.25) is 0 Å². The van der Waals surface area contributed by atoms with Crippen LogP contribution >= 0.6 is 0 Å². The molecule has 0 amide bonds. The van der Waals surface area contributed by atoms with E-state index >= 15 is 0 Å². The maximum Gasteiger partial charge on any atom is 0.220 e. The topological polar surface area (TPSA) is 49.4 Å². The number of benzene rings is 5. The highest BCUT2D eigenvalue weighted by Crippen LogP contribution is 2.36. The zero-order valence-corrected chi connectivity index (χ0v) is 24.8. The lowest BCUT2D eigenvalue weighted by Crippen LogP contribution is -1.99. The summed E-state index contributed by atoms with van der Waals surface area (Å²) in [7, 11) is 0. The number of aromatic nitrogens is 7. The Morgan fingerprint density at radius 3 is 2.09 bits per heavy atom. The molecule has 214 valence electrons. The molecule has 0 spiro atoms. The number of nitrogens with zero attached hydrogens (tertiary/aromatic N) is 7. The predicted octanol–water partition coefficient (Wildman–Crippen LogP) is 8.58. The third-order valence-corrected chi connectivity index (χ3v) is 9.34. The Morgan fingerprint density at radius 1 is 0.489 bits per heavy atom. The van der Waals surface area contributed by atoms with Gasteiger partial charge >= 0.3 is 0 Å². The third kappa shape index (κ3) is 3.24. The van der Waals surface area contributed by atoms with E-state index < -0.39 is 0 Å². The minimum atomic E-state index is 0.906. The molecule has 0 fully saturated rings. The summed E-state index contributed by atoms with van der Waals surface area (Å²) in [4.78, 5) is 9.97. The standard InChI is InChI=1S/C38H27N7/c1-24-25(2)41-20-21-42(37(41)39-24)26-10-9-11-27(22-26)43-32-14-5-3-12-29(32)30-19-18-28(23-36(30)43)44-34-16-7-8-17-35(34)45-33-15-6-4-13-31(33)40-38(44)45/h3-23H,1-2H3. The monoisotopic (exact) mass is 581 g/mol. The van der Waals surface area contributed by atoms with E-state index in [0.717, 1.165) is 67.6 Å². The molecule has 0 unspecified atom stereocenters. The molecule has 0 saturated heterocycles. The molecule has 10 aromatic rings. The summed E-state index contributed by atoms with van der Waals surface area (Å²) in [5, 5.41) is 2.44. The number of imidazole rings is 4. The number of para-hydroxylation sites is 5. The Morgan fingerprint density at radius 2 is 1.20 bits per heavy atom. The summed E-state index contributed by atoms with van der Waals surface area (Å²) in [5.74, 6) is 1.82. The van der Waals surface area contributed by atoms with Crippen molar-refractivity contribution in [2.75, 3.05) is 0 Å². The van der Waals surface area contributed by atoms with E-state index in [2.05, 4.69) is 158 Å². The molecule has 7 nitrogen and oxygen atoms in total. The highest BCUT2D eigenvalue weighted by molar-refractivity contribution is 6.10. The fourth-order valence-electron chi connectivity index (χ4n) is 7.12. The van der Waals surface area contributed by atoms with Gasteiger partial charge in [-0.25, -0.2) is 9.97 Å². The Balaban J connectivity index is 1.25. The molecule has 5 aromatic heterocycles. The summed E-state index contributed by atoms with van der Waals surface area (Å²) < 4.78 is 11.2. The van der Waals surface area contributed by atoms with Crippen LogP contribution in [0.15, 0.2) is 128 Å². The first-order chi connectivity index (χ1) is 22.2. The molecule has 0 N–H and O–H groups in total. The van der Waals surface area contributed by atoms with Crippen molar-refractivity contribution in [3.8, 4) is 17.1 Å². The molecule has 0 aliphatic rings. The largest absolute Gasteiger partial charge is 0.309 e. The molecule has 0 atom stereocenters. The lowest BCUT2D eigenvalue weighted by atomic mass is 10.1. The average molecular weight is 582 g/mol. The van der Waals surface area contributed by atoms with Gasteiger partial charge in [-0.15, -0.1) is 0 Å². The summed E-state index contributed by atoms with van der Waals surface area (Å²) in [6, 6.07) is 41.1. The smallest absolute Gasteiger partial charge is 0.220 e. The van der Waals surface area contributed by atoms with Crippen molar-refractivity contribution in [1.29, 1.82) is 0 Å². The van der Waals surface area contributed by atoms with Gasteiger partial charge in [0.1, 0.15) is 0 Å². The van der Waals surface area contributed by atoms with E-state index in [-0.39, 0.29) is 0 Å². The van der Waals surface area contributed by atoms with Gasteiger partial charge in [-0.3, -0.25) is 17.9 Å². The van der Waals surface area contributed by atoms with Crippen molar-refractivity contribution in [1.82, 2.24) is 32.5 Å². The molecular formula is C38H27N7. The first-order valence-electron chi connectivity index (χ1n) is 15.2. The van der Waals surface area contributed by atoms with Gasteiger partial charge < -0.3 is 4.57 Å². The highest BCUT2D eigenvalue weighted by atomic mass is 15.2. The average Bonchev–Trinajstić information content (AvgIpc) is 3.86. The van der Waals surface area contributed by atoms with Crippen LogP contribution in [-0.4, -0.2) is 32.5 Å². The van der Waals surface area contributed by atoms with E-state index in [1.807, 2.05) is 6.07 Å². The molecule has 10 rings (SSSR count). The second-order valence-corrected chi connectivity index (χ2v) is 11.8. The number of hydrogen-bond donors (Lipinski definition) is 0. The first-order valence-corrected chi connectivity index (χ1v) is 15.2. The van der Waals surface area contributed by atoms with Crippen LogP contribution in [0.4, 0.5) is 0 Å². The van der Waals surface area contributed by atoms with Crippen molar-refractivity contribution in [3.63, 3.8) is 0 Å². The van der Waals surface area contributed by atoms with Gasteiger partial charge in [0.25, 0.3) is 0 Å².